The van der Waals surface area contributed by atoms with Crippen LogP contribution in [0.4, 0.5) is 35.0 Å². The maximum atomic E-state index is 13.7. The van der Waals surface area contributed by atoms with Crippen LogP contribution in [-0.4, -0.2) is 171 Å². The number of alkyl halides is 4. The monoisotopic (exact) mass is 1370 g/mol. The van der Waals surface area contributed by atoms with Gasteiger partial charge in [0.2, 0.25) is 0 Å². The molecule has 16 rings (SSSR count). The summed E-state index contributed by atoms with van der Waals surface area (Å²) in [6.45, 7) is 19.2. The highest BCUT2D eigenvalue weighted by molar-refractivity contribution is 6.05. The summed E-state index contributed by atoms with van der Waals surface area (Å²) in [5, 5.41) is 27.8. The van der Waals surface area contributed by atoms with Crippen molar-refractivity contribution >= 4 is 63.0 Å². The van der Waals surface area contributed by atoms with Crippen LogP contribution >= 0.6 is 0 Å². The molecule has 9 aromatic heterocycles. The maximum Gasteiger partial charge on any atom is 0.333 e. The van der Waals surface area contributed by atoms with Crippen molar-refractivity contribution in [3.8, 4) is 0 Å². The van der Waals surface area contributed by atoms with E-state index in [0.29, 0.717) is 47.8 Å². The van der Waals surface area contributed by atoms with Crippen LogP contribution in [0.15, 0.2) is 79.4 Å². The zero-order valence-corrected chi connectivity index (χ0v) is 58.3. The van der Waals surface area contributed by atoms with Crippen LogP contribution in [0.3, 0.4) is 0 Å². The minimum atomic E-state index is -2.77. The first-order valence-electron chi connectivity index (χ1n) is 35.6. The van der Waals surface area contributed by atoms with Gasteiger partial charge in [-0.15, -0.1) is 0 Å². The molecule has 6 aliphatic heterocycles. The van der Waals surface area contributed by atoms with E-state index in [2.05, 4.69) is 76.9 Å². The van der Waals surface area contributed by atoms with E-state index in [1.54, 1.807) is 23.5 Å². The molecule has 0 radical (unpaired) electrons. The third kappa shape index (κ3) is 13.7. The van der Waals surface area contributed by atoms with Crippen LogP contribution < -0.4 is 14.7 Å². The summed E-state index contributed by atoms with van der Waals surface area (Å²) in [6.07, 6.45) is 16.8. The Morgan fingerprint density at radius 3 is 1.33 bits per heavy atom. The number of benzene rings is 1. The molecule has 15 heterocycles. The summed E-state index contributed by atoms with van der Waals surface area (Å²) in [5.41, 5.74) is 10.1. The van der Waals surface area contributed by atoms with Gasteiger partial charge in [0.1, 0.15) is 29.7 Å². The Labute approximate surface area is 577 Å². The molecule has 3 amide bonds. The summed E-state index contributed by atoms with van der Waals surface area (Å²) in [6, 6.07) is 16.3. The second-order valence-corrected chi connectivity index (χ2v) is 28.6. The summed E-state index contributed by atoms with van der Waals surface area (Å²) in [5.74, 6) is 4.45. The topological polar surface area (TPSA) is 215 Å². The largest absolute Gasteiger partial charge is 0.356 e. The first-order chi connectivity index (χ1) is 48.2. The van der Waals surface area contributed by atoms with Crippen LogP contribution in [0.25, 0.3) is 27.8 Å². The number of hydrogen-bond donors (Lipinski definition) is 0. The number of halogens is 4. The lowest BCUT2D eigenvalue weighted by atomic mass is 9.98. The molecule has 10 aromatic rings. The fourth-order valence-electron chi connectivity index (χ4n) is 15.6. The Balaban J connectivity index is 0.000000128. The maximum absolute atomic E-state index is 13.7. The number of hydrogen-bond acceptors (Lipinski definition) is 15. The van der Waals surface area contributed by atoms with Crippen LogP contribution in [-0.2, 0) is 13.6 Å². The lowest BCUT2D eigenvalue weighted by molar-refractivity contribution is 0.0509. The van der Waals surface area contributed by atoms with Gasteiger partial charge in [-0.25, -0.2) is 42.0 Å². The highest BCUT2D eigenvalue weighted by atomic mass is 19.3. The summed E-state index contributed by atoms with van der Waals surface area (Å²) < 4.78 is 60.6. The van der Waals surface area contributed by atoms with Gasteiger partial charge in [-0.2, -0.15) is 39.4 Å². The number of aryl methyl sites for hydroxylation is 5. The van der Waals surface area contributed by atoms with Gasteiger partial charge >= 0.3 is 6.55 Å². The average molecular weight is 1370 g/mol. The first kappa shape index (κ1) is 67.7. The Hall–Kier alpha value is -9.50. The van der Waals surface area contributed by atoms with E-state index in [1.807, 2.05) is 72.2 Å². The number of fused-ring (bicyclic) bond motifs is 4. The smallest absolute Gasteiger partial charge is 0.333 e. The molecule has 0 bridgehead atoms. The van der Waals surface area contributed by atoms with E-state index in [-0.39, 0.29) is 52.9 Å². The summed E-state index contributed by atoms with van der Waals surface area (Å²) >= 11 is 0. The minimum absolute atomic E-state index is 0.0190. The Kier molecular flexibility index (Phi) is 19.1. The molecule has 28 heteroatoms. The van der Waals surface area contributed by atoms with Gasteiger partial charge in [-0.3, -0.25) is 23.7 Å². The molecule has 6 atom stereocenters. The Morgan fingerprint density at radius 2 is 0.920 bits per heavy atom. The van der Waals surface area contributed by atoms with E-state index >= 15 is 0 Å². The lowest BCUT2D eigenvalue weighted by Gasteiger charge is -2.34. The molecule has 0 aliphatic carbocycles. The van der Waals surface area contributed by atoms with Crippen molar-refractivity contribution in [3.63, 3.8) is 0 Å². The Morgan fingerprint density at radius 1 is 0.490 bits per heavy atom. The molecule has 1 aromatic carbocycles. The predicted octanol–water partition coefficient (Wildman–Crippen LogP) is 12.0. The minimum Gasteiger partial charge on any atom is -0.356 e. The van der Waals surface area contributed by atoms with Crippen molar-refractivity contribution in [2.24, 2.45) is 24.8 Å². The number of anilines is 3. The zero-order chi connectivity index (χ0) is 69.8. The molecule has 0 saturated carbocycles. The molecule has 6 aliphatic rings. The molecule has 0 N–H and O–H groups in total. The third-order valence-corrected chi connectivity index (χ3v) is 20.8. The van der Waals surface area contributed by atoms with Gasteiger partial charge in [0.15, 0.2) is 28.3 Å². The molecular formula is C72H89F4N21O3. The van der Waals surface area contributed by atoms with E-state index in [4.69, 9.17) is 30.2 Å². The van der Waals surface area contributed by atoms with Crippen molar-refractivity contribution in [2.45, 2.75) is 163 Å². The summed E-state index contributed by atoms with van der Waals surface area (Å²) in [7, 11) is 1.89. The fraction of sp³-hybridized carbons (Fsp3) is 0.528. The number of aromatic nitrogens is 15. The quantitative estimate of drug-likeness (QED) is 0.104. The van der Waals surface area contributed by atoms with Crippen molar-refractivity contribution in [1.29, 1.82) is 0 Å². The summed E-state index contributed by atoms with van der Waals surface area (Å²) in [4.78, 5) is 67.5. The van der Waals surface area contributed by atoms with Gasteiger partial charge < -0.3 is 29.4 Å². The molecule has 0 unspecified atom stereocenters. The van der Waals surface area contributed by atoms with Gasteiger partial charge in [0, 0.05) is 137 Å². The SMILES string of the molecule is Cc1cn2nc([C@@H]3CCCCN3C(=O)c3cc(C)n(C(F)F)n3)cc2nc1N1CC[C@H](C)C1.Cc1cn2nc([C@@H]3CCCCN3C(=O)c3ccn(CC(F)F)n3)cc2nc1N1CC[C@H](C)C1.Cc1cn2nc([C@@H]3CCCCN3C(=O)c3nn(C)c4ccccc34)cc2nc1N1CC[C@H](C)C1. The second kappa shape index (κ2) is 28.3. The van der Waals surface area contributed by atoms with Crippen LogP contribution in [0, 0.1) is 45.4 Å². The predicted molar refractivity (Wildman–Crippen MR) is 371 cm³/mol. The van der Waals surface area contributed by atoms with E-state index in [9.17, 15) is 31.9 Å². The number of rotatable bonds is 12. The average Bonchev–Trinajstić information content (AvgIpc) is 1.63. The molecule has 6 fully saturated rings. The van der Waals surface area contributed by atoms with E-state index in [0.717, 1.165) is 187 Å². The van der Waals surface area contributed by atoms with Gasteiger partial charge in [0.05, 0.1) is 40.7 Å². The van der Waals surface area contributed by atoms with Crippen LogP contribution in [0.5, 0.6) is 0 Å². The van der Waals surface area contributed by atoms with Gasteiger partial charge in [-0.05, 0) is 141 Å². The Bertz CT molecular complexity index is 4650. The molecule has 0 spiro atoms. The number of likely N-dealkylation sites (tertiary alicyclic amines) is 3. The standard InChI is InChI=1S/C26H31N7O.2C23H29F2N7O/c1-17-11-13-31(15-17)25-18(2)16-33-23(27-25)14-20(28-33)22-10-6-7-12-32(22)26(34)24-19-8-4-5-9-21(19)30(3)29-24;1-14-7-9-29(12-14)21-15(2)13-31-20(26-21)11-17(27-31)19-6-4-5-8-30(19)22(33)18-10-16(3)32(28-18)23(24)25;1-15-6-9-29(12-15)22-16(2)13-32-21(26-22)11-18(28-32)19-5-3-4-8-31(19)23(33)17-7-10-30(27-17)14-20(24)25/h4-5,8-9,14,16-17,22H,6-7,10-13,15H2,1-3H3;10-11,13-14,19,23H,4-9,12H2,1-3H3;7,10-11,13,15,19-20H,3-6,8-9,12,14H2,1-2H3/t17-,22-;14-,19-;15-,19-/m000/s1. The molecule has 100 heavy (non-hydrogen) atoms. The number of para-hydroxylation sites is 1. The normalized spacial score (nSPS) is 21.4. The van der Waals surface area contributed by atoms with Gasteiger partial charge in [0.25, 0.3) is 24.1 Å². The van der Waals surface area contributed by atoms with E-state index in [1.165, 1.54) is 38.1 Å². The third-order valence-electron chi connectivity index (χ3n) is 20.8. The van der Waals surface area contributed by atoms with E-state index < -0.39 is 19.5 Å². The highest BCUT2D eigenvalue weighted by Gasteiger charge is 2.37. The second-order valence-electron chi connectivity index (χ2n) is 28.6. The number of nitrogens with zero attached hydrogens (tertiary/aromatic N) is 21. The van der Waals surface area contributed by atoms with Crippen molar-refractivity contribution in [3.05, 3.63) is 136 Å². The van der Waals surface area contributed by atoms with Gasteiger partial charge in [-0.1, -0.05) is 39.0 Å². The number of piperidine rings is 3. The van der Waals surface area contributed by atoms with Crippen molar-refractivity contribution < 1.29 is 31.9 Å². The number of carbonyl (C=O) groups excluding carboxylic acids is 3. The number of amides is 3. The van der Waals surface area contributed by atoms with Crippen LogP contribution in [0.1, 0.15) is 193 Å². The molecular weight excluding hydrogens is 1280 g/mol. The number of carbonyl (C=O) groups is 3. The fourth-order valence-corrected chi connectivity index (χ4v) is 15.6. The zero-order valence-electron chi connectivity index (χ0n) is 58.3. The molecule has 24 nitrogen and oxygen atoms in total. The van der Waals surface area contributed by atoms with Crippen molar-refractivity contribution in [1.82, 2.24) is 87.8 Å². The lowest BCUT2D eigenvalue weighted by Crippen LogP contribution is -2.39. The first-order valence-corrected chi connectivity index (χ1v) is 35.6. The molecule has 6 saturated heterocycles. The highest BCUT2D eigenvalue weighted by Crippen LogP contribution is 2.38. The van der Waals surface area contributed by atoms with Crippen LogP contribution in [0.2, 0.25) is 0 Å². The van der Waals surface area contributed by atoms with Crippen molar-refractivity contribution in [2.75, 3.05) is 73.6 Å². The molecule has 528 valence electrons.